The van der Waals surface area contributed by atoms with Crippen LogP contribution in [-0.4, -0.2) is 46.9 Å². The molecular formula is C23H37NO5S2. The molecule has 0 aliphatic heterocycles. The van der Waals surface area contributed by atoms with Gasteiger partial charge in [-0.3, -0.25) is 14.4 Å². The van der Waals surface area contributed by atoms with Gasteiger partial charge in [0.1, 0.15) is 6.61 Å². The molecule has 0 radical (unpaired) electrons. The Balaban J connectivity index is 3.91. The van der Waals surface area contributed by atoms with E-state index in [0.29, 0.717) is 5.75 Å². The van der Waals surface area contributed by atoms with Crippen molar-refractivity contribution in [3.05, 3.63) is 12.2 Å². The van der Waals surface area contributed by atoms with Gasteiger partial charge in [0.05, 0.1) is 13.0 Å². The first-order chi connectivity index (χ1) is 14.4. The maximum absolute atomic E-state index is 11.8. The molecule has 0 saturated carbocycles. The van der Waals surface area contributed by atoms with Gasteiger partial charge in [0.2, 0.25) is 6.08 Å². The molecule has 0 N–H and O–H groups in total. The summed E-state index contributed by atoms with van der Waals surface area (Å²) in [6.07, 6.45) is 8.42. The Morgan fingerprint density at radius 3 is 2.13 bits per heavy atom. The number of allylic oxidation sites excluding steroid dienone is 1. The molecule has 176 valence electrons. The number of rotatable bonds is 15. The van der Waals surface area contributed by atoms with Crippen molar-refractivity contribution in [2.75, 3.05) is 24.7 Å². The van der Waals surface area contributed by atoms with Crippen LogP contribution in [0.5, 0.6) is 0 Å². The molecule has 0 amide bonds. The predicted molar refractivity (Wildman–Crippen MR) is 129 cm³/mol. The molecule has 0 bridgehead atoms. The number of esters is 1. The number of hydrogen-bond donors (Lipinski definition) is 0. The number of ether oxygens (including phenoxy) is 1. The molecular weight excluding hydrogens is 434 g/mol. The zero-order valence-corrected chi connectivity index (χ0v) is 21.2. The Bertz CT molecular complexity index is 647. The summed E-state index contributed by atoms with van der Waals surface area (Å²) in [7, 11) is 0. The van der Waals surface area contributed by atoms with E-state index in [1.807, 2.05) is 12.2 Å². The Morgan fingerprint density at radius 1 is 0.903 bits per heavy atom. The minimum atomic E-state index is -0.359. The van der Waals surface area contributed by atoms with Crippen LogP contribution in [0.1, 0.15) is 73.1 Å². The summed E-state index contributed by atoms with van der Waals surface area (Å²) < 4.78 is 5.15. The molecule has 0 aliphatic rings. The van der Waals surface area contributed by atoms with E-state index in [-0.39, 0.29) is 59.4 Å². The molecule has 0 aromatic rings. The molecule has 0 spiro atoms. The number of nitrogens with zero attached hydrogens (tertiary/aromatic N) is 1. The molecule has 31 heavy (non-hydrogen) atoms. The van der Waals surface area contributed by atoms with Gasteiger partial charge >= 0.3 is 5.97 Å². The van der Waals surface area contributed by atoms with Crippen molar-refractivity contribution >= 4 is 45.8 Å². The Hall–Kier alpha value is -1.37. The minimum Gasteiger partial charge on any atom is -0.461 e. The number of hydrogen-bond acceptors (Lipinski definition) is 8. The van der Waals surface area contributed by atoms with Gasteiger partial charge in [0, 0.05) is 24.3 Å². The molecule has 0 aromatic heterocycles. The first-order valence-corrected chi connectivity index (χ1v) is 12.6. The summed E-state index contributed by atoms with van der Waals surface area (Å²) in [5, 5.41) is 0.0645. The van der Waals surface area contributed by atoms with Gasteiger partial charge < -0.3 is 4.74 Å². The molecule has 0 heterocycles. The molecule has 8 heteroatoms. The molecule has 0 fully saturated rings. The monoisotopic (exact) mass is 471 g/mol. The smallest absolute Gasteiger partial charge is 0.306 e. The van der Waals surface area contributed by atoms with E-state index >= 15 is 0 Å². The van der Waals surface area contributed by atoms with Crippen LogP contribution in [0.2, 0.25) is 0 Å². The molecule has 6 nitrogen and oxygen atoms in total. The second-order valence-corrected chi connectivity index (χ2v) is 11.6. The fourth-order valence-corrected chi connectivity index (χ4v) is 4.55. The second kappa shape index (κ2) is 16.3. The van der Waals surface area contributed by atoms with Gasteiger partial charge in [-0.05, 0) is 30.1 Å². The van der Waals surface area contributed by atoms with Gasteiger partial charge in [-0.2, -0.15) is 0 Å². The maximum atomic E-state index is 11.8. The van der Waals surface area contributed by atoms with Gasteiger partial charge in [0.15, 0.2) is 10.2 Å². The number of isocyanates is 1. The largest absolute Gasteiger partial charge is 0.461 e. The standard InChI is InChI=1S/C23H37NO5S2/c1-22(2,3)12-16-30-20(27)9-8-19(26)29-15-7-6-11-23(4,5)13-17-31-21(28)10-14-24-18-25/h6-7H,8-17H2,1-5H3/b7-6+. The zero-order chi connectivity index (χ0) is 23.8. The van der Waals surface area contributed by atoms with Crippen LogP contribution < -0.4 is 0 Å². The van der Waals surface area contributed by atoms with Crippen LogP contribution in [-0.2, 0) is 23.9 Å². The third-order valence-electron chi connectivity index (χ3n) is 4.36. The lowest BCUT2D eigenvalue weighted by Crippen LogP contribution is -2.12. The highest BCUT2D eigenvalue weighted by Gasteiger charge is 2.17. The molecule has 0 aliphatic carbocycles. The highest BCUT2D eigenvalue weighted by molar-refractivity contribution is 8.13. The lowest BCUT2D eigenvalue weighted by molar-refractivity contribution is -0.143. The minimum absolute atomic E-state index is 0.0193. The van der Waals surface area contributed by atoms with Crippen LogP contribution >= 0.6 is 23.5 Å². The second-order valence-electron chi connectivity index (χ2n) is 9.25. The van der Waals surface area contributed by atoms with Gasteiger partial charge in [0.25, 0.3) is 0 Å². The number of thioether (sulfide) groups is 2. The highest BCUT2D eigenvalue weighted by atomic mass is 32.2. The third-order valence-corrected chi connectivity index (χ3v) is 6.23. The Labute approximate surface area is 195 Å². The summed E-state index contributed by atoms with van der Waals surface area (Å²) >= 11 is 2.55. The topological polar surface area (TPSA) is 89.9 Å². The van der Waals surface area contributed by atoms with Crippen molar-refractivity contribution < 1.29 is 23.9 Å². The van der Waals surface area contributed by atoms with Crippen molar-refractivity contribution in [1.82, 2.24) is 0 Å². The molecule has 0 rings (SSSR count). The summed E-state index contributed by atoms with van der Waals surface area (Å²) in [6.45, 7) is 11.1. The summed E-state index contributed by atoms with van der Waals surface area (Å²) in [6, 6.07) is 0. The molecule has 0 aromatic carbocycles. The van der Waals surface area contributed by atoms with E-state index in [1.54, 1.807) is 0 Å². The average Bonchev–Trinajstić information content (AvgIpc) is 2.65. The van der Waals surface area contributed by atoms with Crippen molar-refractivity contribution in [1.29, 1.82) is 0 Å². The Kier molecular flexibility index (Phi) is 15.6. The maximum Gasteiger partial charge on any atom is 0.306 e. The predicted octanol–water partition coefficient (Wildman–Crippen LogP) is 5.35. The molecule has 0 saturated heterocycles. The first-order valence-electron chi connectivity index (χ1n) is 10.6. The van der Waals surface area contributed by atoms with Crippen molar-refractivity contribution in [3.8, 4) is 0 Å². The Morgan fingerprint density at radius 2 is 1.52 bits per heavy atom. The lowest BCUT2D eigenvalue weighted by atomic mass is 9.86. The summed E-state index contributed by atoms with van der Waals surface area (Å²) in [4.78, 5) is 48.6. The average molecular weight is 472 g/mol. The fraction of sp³-hybridized carbons (Fsp3) is 0.739. The van der Waals surface area contributed by atoms with E-state index in [0.717, 1.165) is 25.0 Å². The highest BCUT2D eigenvalue weighted by Crippen LogP contribution is 2.28. The SMILES string of the molecule is CC(C)(C)CCSC(=O)CCC(=O)OC/C=C/CC(C)(C)CCSC(=O)CCN=C=O. The van der Waals surface area contributed by atoms with E-state index in [9.17, 15) is 19.2 Å². The number of carbonyl (C=O) groups is 3. The van der Waals surface area contributed by atoms with Gasteiger partial charge in [-0.15, -0.1) is 0 Å². The van der Waals surface area contributed by atoms with Gasteiger partial charge in [-0.1, -0.05) is 70.3 Å². The number of carbonyl (C=O) groups excluding carboxylic acids is 4. The fourth-order valence-electron chi connectivity index (χ4n) is 2.24. The summed E-state index contributed by atoms with van der Waals surface area (Å²) in [5.41, 5.74) is 0.224. The van der Waals surface area contributed by atoms with Crippen molar-refractivity contribution in [2.24, 2.45) is 15.8 Å². The van der Waals surface area contributed by atoms with Crippen molar-refractivity contribution in [2.45, 2.75) is 73.1 Å². The van der Waals surface area contributed by atoms with Crippen molar-refractivity contribution in [3.63, 3.8) is 0 Å². The zero-order valence-electron chi connectivity index (χ0n) is 19.5. The number of aliphatic imine (C=N–C) groups is 1. The van der Waals surface area contributed by atoms with Crippen LogP contribution in [0.4, 0.5) is 0 Å². The van der Waals surface area contributed by atoms with E-state index < -0.39 is 0 Å². The van der Waals surface area contributed by atoms with Crippen LogP contribution in [0.15, 0.2) is 17.1 Å². The van der Waals surface area contributed by atoms with Crippen LogP contribution in [0, 0.1) is 10.8 Å². The molecule has 0 unspecified atom stereocenters. The van der Waals surface area contributed by atoms with E-state index in [1.165, 1.54) is 29.6 Å². The van der Waals surface area contributed by atoms with Crippen LogP contribution in [0.25, 0.3) is 0 Å². The van der Waals surface area contributed by atoms with Gasteiger partial charge in [-0.25, -0.2) is 9.79 Å². The van der Waals surface area contributed by atoms with Crippen LogP contribution in [0.3, 0.4) is 0 Å². The van der Waals surface area contributed by atoms with E-state index in [2.05, 4.69) is 39.6 Å². The van der Waals surface area contributed by atoms with E-state index in [4.69, 9.17) is 4.74 Å². The lowest BCUT2D eigenvalue weighted by Gasteiger charge is -2.22. The quantitative estimate of drug-likeness (QED) is 0.137. The molecule has 0 atom stereocenters. The summed E-state index contributed by atoms with van der Waals surface area (Å²) in [5.74, 6) is 1.13. The normalized spacial score (nSPS) is 11.9. The first kappa shape index (κ1) is 29.6. The third kappa shape index (κ3) is 20.3.